The van der Waals surface area contributed by atoms with E-state index in [0.717, 1.165) is 6.07 Å². The number of nitrogens with one attached hydrogen (secondary N) is 1. The molecule has 156 valence electrons. The summed E-state index contributed by atoms with van der Waals surface area (Å²) in [6, 6.07) is 10.3. The van der Waals surface area contributed by atoms with E-state index in [-0.39, 0.29) is 11.6 Å². The molecule has 3 rings (SSSR count). The van der Waals surface area contributed by atoms with E-state index >= 15 is 0 Å². The minimum Gasteiger partial charge on any atom is -0.497 e. The molecule has 1 heterocycles. The molecule has 0 aliphatic rings. The van der Waals surface area contributed by atoms with Crippen molar-refractivity contribution in [3.05, 3.63) is 69.8 Å². The van der Waals surface area contributed by atoms with Crippen LogP contribution in [-0.2, 0) is 0 Å². The predicted octanol–water partition coefficient (Wildman–Crippen LogP) is 2.96. The number of carbonyl (C=O) groups is 1. The molecule has 0 saturated carbocycles. The standard InChI is InChI=1S/C21H20FN3O5/c1-12-5-6-13(7-17(12)22)23-21(27)20-18(26)11-19(30-4)25(24-20)14-8-15(28-2)10-16(9-14)29-3/h5-11H,1-4H3,(H,23,27). The fourth-order valence-electron chi connectivity index (χ4n) is 2.70. The summed E-state index contributed by atoms with van der Waals surface area (Å²) < 4.78 is 30.8. The third-order valence-corrected chi connectivity index (χ3v) is 4.33. The van der Waals surface area contributed by atoms with Gasteiger partial charge >= 0.3 is 0 Å². The highest BCUT2D eigenvalue weighted by atomic mass is 19.1. The van der Waals surface area contributed by atoms with E-state index in [4.69, 9.17) is 14.2 Å². The van der Waals surface area contributed by atoms with Gasteiger partial charge in [0.05, 0.1) is 33.1 Å². The van der Waals surface area contributed by atoms with Crippen molar-refractivity contribution in [1.82, 2.24) is 9.78 Å². The van der Waals surface area contributed by atoms with Gasteiger partial charge in [-0.2, -0.15) is 9.78 Å². The van der Waals surface area contributed by atoms with E-state index in [1.54, 1.807) is 25.1 Å². The second-order valence-electron chi connectivity index (χ2n) is 6.30. The molecule has 0 radical (unpaired) electrons. The summed E-state index contributed by atoms with van der Waals surface area (Å²) >= 11 is 0. The SMILES string of the molecule is COc1cc(OC)cc(-n2nc(C(=O)Nc3ccc(C)c(F)c3)c(=O)cc2OC)c1. The molecule has 0 bridgehead atoms. The van der Waals surface area contributed by atoms with Crippen molar-refractivity contribution >= 4 is 11.6 Å². The van der Waals surface area contributed by atoms with Gasteiger partial charge in [-0.25, -0.2) is 4.39 Å². The Morgan fingerprint density at radius 1 is 1.00 bits per heavy atom. The zero-order chi connectivity index (χ0) is 21.8. The zero-order valence-corrected chi connectivity index (χ0v) is 16.9. The largest absolute Gasteiger partial charge is 0.497 e. The van der Waals surface area contributed by atoms with Gasteiger partial charge in [0.1, 0.15) is 17.3 Å². The van der Waals surface area contributed by atoms with E-state index in [2.05, 4.69) is 10.4 Å². The lowest BCUT2D eigenvalue weighted by Gasteiger charge is -2.14. The maximum Gasteiger partial charge on any atom is 0.280 e. The molecular weight excluding hydrogens is 393 g/mol. The van der Waals surface area contributed by atoms with E-state index in [9.17, 15) is 14.0 Å². The summed E-state index contributed by atoms with van der Waals surface area (Å²) in [6.45, 7) is 1.60. The van der Waals surface area contributed by atoms with Crippen LogP contribution in [0.1, 0.15) is 16.1 Å². The predicted molar refractivity (Wildman–Crippen MR) is 109 cm³/mol. The number of methoxy groups -OCH3 is 3. The molecule has 0 aliphatic carbocycles. The van der Waals surface area contributed by atoms with E-state index in [1.807, 2.05) is 0 Å². The fourth-order valence-corrected chi connectivity index (χ4v) is 2.70. The number of nitrogens with zero attached hydrogens (tertiary/aromatic N) is 2. The second-order valence-corrected chi connectivity index (χ2v) is 6.30. The number of rotatable bonds is 6. The Labute approximate surface area is 171 Å². The Kier molecular flexibility index (Phi) is 6.01. The average Bonchev–Trinajstić information content (AvgIpc) is 2.75. The van der Waals surface area contributed by atoms with Crippen LogP contribution in [0, 0.1) is 12.7 Å². The first-order valence-electron chi connectivity index (χ1n) is 8.85. The maximum absolute atomic E-state index is 13.8. The van der Waals surface area contributed by atoms with Crippen molar-refractivity contribution in [3.63, 3.8) is 0 Å². The monoisotopic (exact) mass is 413 g/mol. The lowest BCUT2D eigenvalue weighted by atomic mass is 10.2. The maximum atomic E-state index is 13.8. The third kappa shape index (κ3) is 4.24. The summed E-state index contributed by atoms with van der Waals surface area (Å²) in [4.78, 5) is 25.1. The minimum atomic E-state index is -0.783. The van der Waals surface area contributed by atoms with Crippen LogP contribution in [0.5, 0.6) is 17.4 Å². The Bertz CT molecular complexity index is 1140. The number of halogens is 1. The van der Waals surface area contributed by atoms with Gasteiger partial charge in [0.25, 0.3) is 5.91 Å². The molecule has 0 fully saturated rings. The highest BCUT2D eigenvalue weighted by Gasteiger charge is 2.18. The normalized spacial score (nSPS) is 10.4. The summed E-state index contributed by atoms with van der Waals surface area (Å²) in [7, 11) is 4.36. The first-order chi connectivity index (χ1) is 14.4. The van der Waals surface area contributed by atoms with Crippen LogP contribution in [0.25, 0.3) is 5.69 Å². The fraction of sp³-hybridized carbons (Fsp3) is 0.190. The Balaban J connectivity index is 2.06. The first-order valence-corrected chi connectivity index (χ1v) is 8.85. The molecule has 0 spiro atoms. The number of benzene rings is 2. The number of amides is 1. The van der Waals surface area contributed by atoms with Crippen molar-refractivity contribution in [2.45, 2.75) is 6.92 Å². The average molecular weight is 413 g/mol. The molecule has 0 unspecified atom stereocenters. The molecule has 3 aromatic rings. The summed E-state index contributed by atoms with van der Waals surface area (Å²) in [5.74, 6) is -0.194. The van der Waals surface area contributed by atoms with Crippen LogP contribution in [0.3, 0.4) is 0 Å². The van der Waals surface area contributed by atoms with Crippen LogP contribution < -0.4 is 25.0 Å². The molecule has 1 aromatic heterocycles. The quantitative estimate of drug-likeness (QED) is 0.668. The summed E-state index contributed by atoms with van der Waals surface area (Å²) in [5, 5.41) is 6.65. The van der Waals surface area contributed by atoms with Crippen molar-refractivity contribution in [1.29, 1.82) is 0 Å². The molecule has 0 atom stereocenters. The van der Waals surface area contributed by atoms with Crippen molar-refractivity contribution in [2.24, 2.45) is 0 Å². The molecule has 30 heavy (non-hydrogen) atoms. The minimum absolute atomic E-state index is 0.105. The first kappa shape index (κ1) is 20.8. The van der Waals surface area contributed by atoms with Gasteiger partial charge in [-0.1, -0.05) is 6.07 Å². The van der Waals surface area contributed by atoms with Crippen molar-refractivity contribution in [3.8, 4) is 23.1 Å². The molecule has 2 aromatic carbocycles. The summed E-state index contributed by atoms with van der Waals surface area (Å²) in [5.41, 5.74) is 0.0414. The highest BCUT2D eigenvalue weighted by molar-refractivity contribution is 6.02. The van der Waals surface area contributed by atoms with Gasteiger partial charge in [-0.3, -0.25) is 9.59 Å². The number of ether oxygens (including phenoxy) is 3. The molecule has 8 nitrogen and oxygen atoms in total. The highest BCUT2D eigenvalue weighted by Crippen LogP contribution is 2.26. The molecule has 0 aliphatic heterocycles. The molecular formula is C21H20FN3O5. The van der Waals surface area contributed by atoms with E-state index < -0.39 is 22.8 Å². The van der Waals surface area contributed by atoms with Gasteiger partial charge in [0.2, 0.25) is 11.3 Å². The Morgan fingerprint density at radius 3 is 2.23 bits per heavy atom. The second kappa shape index (κ2) is 8.64. The van der Waals surface area contributed by atoms with E-state index in [0.29, 0.717) is 22.7 Å². The van der Waals surface area contributed by atoms with Gasteiger partial charge in [-0.05, 0) is 24.6 Å². The van der Waals surface area contributed by atoms with Crippen molar-refractivity contribution in [2.75, 3.05) is 26.6 Å². The Hall–Kier alpha value is -3.88. The molecule has 1 N–H and O–H groups in total. The zero-order valence-electron chi connectivity index (χ0n) is 16.9. The van der Waals surface area contributed by atoms with Gasteiger partial charge in [-0.15, -0.1) is 0 Å². The van der Waals surface area contributed by atoms with Crippen molar-refractivity contribution < 1.29 is 23.4 Å². The Morgan fingerprint density at radius 2 is 1.67 bits per heavy atom. The topological polar surface area (TPSA) is 91.7 Å². The van der Waals surface area contributed by atoms with Crippen LogP contribution in [-0.4, -0.2) is 37.0 Å². The van der Waals surface area contributed by atoms with Crippen LogP contribution >= 0.6 is 0 Å². The smallest absolute Gasteiger partial charge is 0.280 e. The third-order valence-electron chi connectivity index (χ3n) is 4.33. The summed E-state index contributed by atoms with van der Waals surface area (Å²) in [6.07, 6.45) is 0. The lowest BCUT2D eigenvalue weighted by Crippen LogP contribution is -2.26. The molecule has 9 heteroatoms. The number of hydrogen-bond acceptors (Lipinski definition) is 6. The molecule has 0 saturated heterocycles. The number of carbonyl (C=O) groups excluding carboxylic acids is 1. The van der Waals surface area contributed by atoms with Crippen LogP contribution in [0.15, 0.2) is 47.3 Å². The number of aryl methyl sites for hydroxylation is 1. The van der Waals surface area contributed by atoms with E-state index in [1.165, 1.54) is 44.2 Å². The van der Waals surface area contributed by atoms with Gasteiger partial charge in [0, 0.05) is 23.9 Å². The number of anilines is 1. The van der Waals surface area contributed by atoms with Crippen LogP contribution in [0.4, 0.5) is 10.1 Å². The molecule has 1 amide bonds. The number of aromatic nitrogens is 2. The van der Waals surface area contributed by atoms with Gasteiger partial charge in [0.15, 0.2) is 5.69 Å². The number of hydrogen-bond donors (Lipinski definition) is 1. The van der Waals surface area contributed by atoms with Gasteiger partial charge < -0.3 is 19.5 Å². The lowest BCUT2D eigenvalue weighted by molar-refractivity contribution is 0.101. The van der Waals surface area contributed by atoms with Crippen LogP contribution in [0.2, 0.25) is 0 Å².